The molecule has 0 aromatic carbocycles. The third kappa shape index (κ3) is 2.29. The predicted molar refractivity (Wildman–Crippen MR) is 77.7 cm³/mol. The summed E-state index contributed by atoms with van der Waals surface area (Å²) in [6.45, 7) is 5.34. The number of pyridine rings is 1. The summed E-state index contributed by atoms with van der Waals surface area (Å²) in [5.74, 6) is 0.461. The fourth-order valence-electron chi connectivity index (χ4n) is 2.98. The molecule has 106 valence electrons. The third-order valence-corrected chi connectivity index (χ3v) is 4.20. The maximum Gasteiger partial charge on any atom is 0.253 e. The van der Waals surface area contributed by atoms with Gasteiger partial charge in [0.2, 0.25) is 0 Å². The molecular formula is C15H20N4O. The van der Waals surface area contributed by atoms with Crippen LogP contribution >= 0.6 is 0 Å². The van der Waals surface area contributed by atoms with Crippen LogP contribution in [0.15, 0.2) is 30.6 Å². The minimum Gasteiger partial charge on any atom is -0.347 e. The molecule has 3 heterocycles. The maximum absolute atomic E-state index is 12.5. The molecule has 2 aromatic rings. The van der Waals surface area contributed by atoms with Crippen LogP contribution in [-0.2, 0) is 0 Å². The highest BCUT2D eigenvalue weighted by Crippen LogP contribution is 2.18. The van der Waals surface area contributed by atoms with Gasteiger partial charge in [0.1, 0.15) is 0 Å². The van der Waals surface area contributed by atoms with E-state index in [1.54, 1.807) is 10.7 Å². The van der Waals surface area contributed by atoms with Crippen molar-refractivity contribution in [2.45, 2.75) is 32.4 Å². The van der Waals surface area contributed by atoms with E-state index in [9.17, 15) is 4.79 Å². The second-order valence-electron chi connectivity index (χ2n) is 5.59. The van der Waals surface area contributed by atoms with Crippen LogP contribution in [0.1, 0.15) is 30.6 Å². The van der Waals surface area contributed by atoms with Crippen LogP contribution in [0.2, 0.25) is 0 Å². The Hall–Kier alpha value is -1.88. The van der Waals surface area contributed by atoms with Crippen molar-refractivity contribution in [3.63, 3.8) is 0 Å². The van der Waals surface area contributed by atoms with Gasteiger partial charge < -0.3 is 10.6 Å². The summed E-state index contributed by atoms with van der Waals surface area (Å²) >= 11 is 0. The van der Waals surface area contributed by atoms with Gasteiger partial charge in [-0.15, -0.1) is 0 Å². The maximum atomic E-state index is 12.5. The van der Waals surface area contributed by atoms with Crippen LogP contribution in [0.25, 0.3) is 5.52 Å². The molecule has 5 heteroatoms. The molecule has 5 nitrogen and oxygen atoms in total. The van der Waals surface area contributed by atoms with Crippen molar-refractivity contribution in [3.05, 3.63) is 36.2 Å². The summed E-state index contributed by atoms with van der Waals surface area (Å²) in [6, 6.07) is 6.02. The van der Waals surface area contributed by atoms with Gasteiger partial charge in [-0.3, -0.25) is 4.79 Å². The van der Waals surface area contributed by atoms with Crippen molar-refractivity contribution in [2.24, 2.45) is 5.92 Å². The second kappa shape index (κ2) is 5.25. The van der Waals surface area contributed by atoms with Crippen LogP contribution in [0.3, 0.4) is 0 Å². The molecule has 0 saturated carbocycles. The molecule has 1 saturated heterocycles. The van der Waals surface area contributed by atoms with Crippen LogP contribution in [-0.4, -0.2) is 34.1 Å². The van der Waals surface area contributed by atoms with E-state index in [0.717, 1.165) is 18.5 Å². The Morgan fingerprint density at radius 1 is 1.45 bits per heavy atom. The monoisotopic (exact) mass is 272 g/mol. The number of piperidine rings is 1. The highest BCUT2D eigenvalue weighted by molar-refractivity contribution is 6.00. The third-order valence-electron chi connectivity index (χ3n) is 4.20. The average Bonchev–Trinajstić information content (AvgIpc) is 2.91. The van der Waals surface area contributed by atoms with Crippen molar-refractivity contribution in [1.82, 2.24) is 20.2 Å². The first-order valence-corrected chi connectivity index (χ1v) is 7.13. The van der Waals surface area contributed by atoms with Crippen molar-refractivity contribution >= 4 is 11.4 Å². The first-order valence-electron chi connectivity index (χ1n) is 7.13. The van der Waals surface area contributed by atoms with Gasteiger partial charge in [0.15, 0.2) is 0 Å². The second-order valence-corrected chi connectivity index (χ2v) is 5.59. The fraction of sp³-hybridized carbons (Fsp3) is 0.467. The van der Waals surface area contributed by atoms with Crippen LogP contribution < -0.4 is 10.6 Å². The zero-order chi connectivity index (χ0) is 14.1. The van der Waals surface area contributed by atoms with Crippen LogP contribution in [0.5, 0.6) is 0 Å². The summed E-state index contributed by atoms with van der Waals surface area (Å²) < 4.78 is 1.72. The first kappa shape index (κ1) is 13.1. The number of hydrogen-bond donors (Lipinski definition) is 2. The molecule has 3 atom stereocenters. The Kier molecular flexibility index (Phi) is 3.44. The standard InChI is InChI=1S/C15H20N4O/c1-10-5-7-16-11(2)14(10)18-15(20)12-4-3-9-19-13(12)6-8-17-19/h3-4,6,8-11,14,16H,5,7H2,1-2H3,(H,18,20). The molecule has 3 rings (SSSR count). The molecule has 0 bridgehead atoms. The van der Waals surface area contributed by atoms with Crippen LogP contribution in [0, 0.1) is 5.92 Å². The van der Waals surface area contributed by atoms with Crippen molar-refractivity contribution in [2.75, 3.05) is 6.54 Å². The predicted octanol–water partition coefficient (Wildman–Crippen LogP) is 1.45. The number of aromatic nitrogens is 2. The quantitative estimate of drug-likeness (QED) is 0.870. The van der Waals surface area contributed by atoms with E-state index in [2.05, 4.69) is 29.6 Å². The van der Waals surface area contributed by atoms with Gasteiger partial charge in [-0.1, -0.05) is 6.92 Å². The van der Waals surface area contributed by atoms with Crippen molar-refractivity contribution < 1.29 is 4.79 Å². The number of carbonyl (C=O) groups is 1. The van der Waals surface area contributed by atoms with Gasteiger partial charge >= 0.3 is 0 Å². The van der Waals surface area contributed by atoms with Gasteiger partial charge in [0, 0.05) is 18.3 Å². The lowest BCUT2D eigenvalue weighted by atomic mass is 9.89. The Balaban J connectivity index is 1.84. The molecule has 2 N–H and O–H groups in total. The summed E-state index contributed by atoms with van der Waals surface area (Å²) in [4.78, 5) is 12.5. The lowest BCUT2D eigenvalue weighted by molar-refractivity contribution is 0.0899. The highest BCUT2D eigenvalue weighted by atomic mass is 16.1. The van der Waals surface area contributed by atoms with Gasteiger partial charge in [0.25, 0.3) is 5.91 Å². The molecule has 1 fully saturated rings. The minimum atomic E-state index is -0.0245. The smallest absolute Gasteiger partial charge is 0.253 e. The topological polar surface area (TPSA) is 58.4 Å². The molecule has 0 aliphatic carbocycles. The van der Waals surface area contributed by atoms with E-state index < -0.39 is 0 Å². The van der Waals surface area contributed by atoms with E-state index >= 15 is 0 Å². The Bertz CT molecular complexity index is 611. The number of fused-ring (bicyclic) bond motifs is 1. The van der Waals surface area contributed by atoms with E-state index in [1.165, 1.54) is 0 Å². The molecule has 3 unspecified atom stereocenters. The lowest BCUT2D eigenvalue weighted by Crippen LogP contribution is -2.55. The molecular weight excluding hydrogens is 252 g/mol. The first-order chi connectivity index (χ1) is 9.66. The summed E-state index contributed by atoms with van der Waals surface area (Å²) in [5.41, 5.74) is 1.52. The summed E-state index contributed by atoms with van der Waals surface area (Å²) in [5, 5.41) is 10.8. The molecule has 1 amide bonds. The highest BCUT2D eigenvalue weighted by Gasteiger charge is 2.29. The van der Waals surface area contributed by atoms with Crippen LogP contribution in [0.4, 0.5) is 0 Å². The Morgan fingerprint density at radius 3 is 3.10 bits per heavy atom. The molecule has 20 heavy (non-hydrogen) atoms. The van der Waals surface area contributed by atoms with E-state index in [4.69, 9.17) is 0 Å². The Morgan fingerprint density at radius 2 is 2.30 bits per heavy atom. The molecule has 1 aliphatic heterocycles. The van der Waals surface area contributed by atoms with Gasteiger partial charge in [-0.25, -0.2) is 4.52 Å². The average molecular weight is 272 g/mol. The Labute approximate surface area is 118 Å². The van der Waals surface area contributed by atoms with E-state index in [1.807, 2.05) is 24.4 Å². The van der Waals surface area contributed by atoms with Crippen molar-refractivity contribution in [1.29, 1.82) is 0 Å². The number of nitrogens with one attached hydrogen (secondary N) is 2. The number of rotatable bonds is 2. The minimum absolute atomic E-state index is 0.0245. The molecule has 0 radical (unpaired) electrons. The normalized spacial score (nSPS) is 26.6. The zero-order valence-electron chi connectivity index (χ0n) is 11.8. The van der Waals surface area contributed by atoms with E-state index in [0.29, 0.717) is 17.5 Å². The summed E-state index contributed by atoms with van der Waals surface area (Å²) in [6.07, 6.45) is 4.64. The summed E-state index contributed by atoms with van der Waals surface area (Å²) in [7, 11) is 0. The number of carbonyl (C=O) groups excluding carboxylic acids is 1. The molecule has 1 aliphatic rings. The lowest BCUT2D eigenvalue weighted by Gasteiger charge is -2.36. The van der Waals surface area contributed by atoms with Gasteiger partial charge in [0.05, 0.1) is 17.3 Å². The molecule has 2 aromatic heterocycles. The zero-order valence-corrected chi connectivity index (χ0v) is 11.8. The van der Waals surface area contributed by atoms with Crippen molar-refractivity contribution in [3.8, 4) is 0 Å². The van der Waals surface area contributed by atoms with Gasteiger partial charge in [-0.05, 0) is 44.0 Å². The SMILES string of the molecule is CC1CCNC(C)C1NC(=O)c1cccn2nccc12. The number of nitrogens with zero attached hydrogens (tertiary/aromatic N) is 2. The molecule has 0 spiro atoms. The van der Waals surface area contributed by atoms with E-state index in [-0.39, 0.29) is 11.9 Å². The number of hydrogen-bond acceptors (Lipinski definition) is 3. The largest absolute Gasteiger partial charge is 0.347 e. The van der Waals surface area contributed by atoms with Gasteiger partial charge in [-0.2, -0.15) is 5.10 Å². The number of amides is 1. The fourth-order valence-corrected chi connectivity index (χ4v) is 2.98.